The summed E-state index contributed by atoms with van der Waals surface area (Å²) >= 11 is 0. The summed E-state index contributed by atoms with van der Waals surface area (Å²) in [7, 11) is 0. The van der Waals surface area contributed by atoms with Gasteiger partial charge in [0.15, 0.2) is 0 Å². The first-order chi connectivity index (χ1) is 14.2. The lowest BCUT2D eigenvalue weighted by molar-refractivity contribution is -0.0796. The van der Waals surface area contributed by atoms with Gasteiger partial charge >= 0.3 is 0 Å². The lowest BCUT2D eigenvalue weighted by atomic mass is 10.0. The average molecular weight is 390 g/mol. The van der Waals surface area contributed by atoms with Crippen molar-refractivity contribution in [1.29, 1.82) is 0 Å². The molecule has 0 unspecified atom stereocenters. The molecule has 1 saturated heterocycles. The molecule has 1 aliphatic heterocycles. The number of aromatic nitrogens is 1. The van der Waals surface area contributed by atoms with E-state index in [1.807, 2.05) is 48.5 Å². The Bertz CT molecular complexity index is 940. The van der Waals surface area contributed by atoms with E-state index in [2.05, 4.69) is 36.3 Å². The van der Waals surface area contributed by atoms with Crippen molar-refractivity contribution in [2.24, 2.45) is 0 Å². The highest BCUT2D eigenvalue weighted by Crippen LogP contribution is 2.32. The number of pyridine rings is 1. The fraction of sp³-hybridized carbons (Fsp3) is 0.292. The van der Waals surface area contributed by atoms with Gasteiger partial charge in [0.25, 0.3) is 0 Å². The van der Waals surface area contributed by atoms with Crippen LogP contribution in [0.1, 0.15) is 31.0 Å². The van der Waals surface area contributed by atoms with Gasteiger partial charge in [-0.15, -0.1) is 0 Å². The van der Waals surface area contributed by atoms with Crippen LogP contribution < -0.4 is 14.8 Å². The number of nitrogens with zero attached hydrogens (tertiary/aromatic N) is 1. The molecule has 1 fully saturated rings. The molecular formula is C24H26N2O3. The van der Waals surface area contributed by atoms with E-state index in [0.29, 0.717) is 25.7 Å². The third-order valence-electron chi connectivity index (χ3n) is 4.78. The van der Waals surface area contributed by atoms with Crippen LogP contribution in [0, 0.1) is 0 Å². The molecule has 0 amide bonds. The van der Waals surface area contributed by atoms with Crippen LogP contribution in [0.15, 0.2) is 66.9 Å². The largest absolute Gasteiger partial charge is 0.487 e. The number of rotatable bonds is 8. The van der Waals surface area contributed by atoms with Gasteiger partial charge in [0, 0.05) is 23.6 Å². The SMILES string of the molecule is CC(C)c1cc(OCc2ccccn2)ccc1Nc1cccc(OC2COC2)c1. The summed E-state index contributed by atoms with van der Waals surface area (Å²) < 4.78 is 17.0. The maximum Gasteiger partial charge on any atom is 0.145 e. The summed E-state index contributed by atoms with van der Waals surface area (Å²) in [4.78, 5) is 4.31. The quantitative estimate of drug-likeness (QED) is 0.565. The normalized spacial score (nSPS) is 13.8. The van der Waals surface area contributed by atoms with E-state index >= 15 is 0 Å². The van der Waals surface area contributed by atoms with Crippen molar-refractivity contribution in [3.05, 3.63) is 78.1 Å². The molecule has 2 aromatic carbocycles. The smallest absolute Gasteiger partial charge is 0.145 e. The first kappa shape index (κ1) is 19.3. The number of anilines is 2. The zero-order valence-electron chi connectivity index (χ0n) is 16.8. The van der Waals surface area contributed by atoms with Crippen LogP contribution >= 0.6 is 0 Å². The monoisotopic (exact) mass is 390 g/mol. The molecule has 4 rings (SSSR count). The summed E-state index contributed by atoms with van der Waals surface area (Å²) in [5.41, 5.74) is 4.16. The van der Waals surface area contributed by atoms with Crippen molar-refractivity contribution in [3.63, 3.8) is 0 Å². The first-order valence-corrected chi connectivity index (χ1v) is 9.95. The molecule has 5 nitrogen and oxygen atoms in total. The van der Waals surface area contributed by atoms with E-state index in [1.165, 1.54) is 5.56 Å². The Kier molecular flexibility index (Phi) is 5.96. The molecule has 0 aliphatic carbocycles. The van der Waals surface area contributed by atoms with Gasteiger partial charge in [-0.1, -0.05) is 26.0 Å². The molecule has 5 heteroatoms. The van der Waals surface area contributed by atoms with Crippen LogP contribution in [0.4, 0.5) is 11.4 Å². The molecule has 1 N–H and O–H groups in total. The summed E-state index contributed by atoms with van der Waals surface area (Å²) in [6.07, 6.45) is 1.94. The maximum absolute atomic E-state index is 5.95. The van der Waals surface area contributed by atoms with E-state index in [-0.39, 0.29) is 6.10 Å². The Balaban J connectivity index is 1.47. The van der Waals surface area contributed by atoms with Crippen LogP contribution in [-0.4, -0.2) is 24.3 Å². The predicted molar refractivity (Wildman–Crippen MR) is 114 cm³/mol. The fourth-order valence-electron chi connectivity index (χ4n) is 3.14. The Morgan fingerprint density at radius 2 is 1.93 bits per heavy atom. The summed E-state index contributed by atoms with van der Waals surface area (Å²) in [6.45, 7) is 6.14. The van der Waals surface area contributed by atoms with Gasteiger partial charge in [0.05, 0.1) is 18.9 Å². The van der Waals surface area contributed by atoms with E-state index in [4.69, 9.17) is 14.2 Å². The molecular weight excluding hydrogens is 364 g/mol. The first-order valence-electron chi connectivity index (χ1n) is 9.95. The highest BCUT2D eigenvalue weighted by atomic mass is 16.6. The standard InChI is InChI=1S/C24H26N2O3/c1-17(2)23-13-20(28-14-19-6-3-4-11-25-19)9-10-24(23)26-18-7-5-8-21(12-18)29-22-15-27-16-22/h3-13,17,22,26H,14-16H2,1-2H3. The molecule has 1 aromatic heterocycles. The number of benzene rings is 2. The Labute approximate surface area is 171 Å². The topological polar surface area (TPSA) is 52.6 Å². The zero-order chi connectivity index (χ0) is 20.1. The van der Waals surface area contributed by atoms with Crippen molar-refractivity contribution < 1.29 is 14.2 Å². The van der Waals surface area contributed by atoms with Gasteiger partial charge in [0.1, 0.15) is 24.2 Å². The van der Waals surface area contributed by atoms with E-state index in [0.717, 1.165) is 28.6 Å². The molecule has 0 bridgehead atoms. The molecule has 0 atom stereocenters. The number of hydrogen-bond donors (Lipinski definition) is 1. The van der Waals surface area contributed by atoms with Gasteiger partial charge in [0.2, 0.25) is 0 Å². The Morgan fingerprint density at radius 1 is 1.03 bits per heavy atom. The van der Waals surface area contributed by atoms with Crippen LogP contribution in [0.25, 0.3) is 0 Å². The Morgan fingerprint density at radius 3 is 2.66 bits per heavy atom. The van der Waals surface area contributed by atoms with Gasteiger partial charge < -0.3 is 19.5 Å². The second-order valence-corrected chi connectivity index (χ2v) is 7.44. The lowest BCUT2D eigenvalue weighted by Gasteiger charge is -2.27. The van der Waals surface area contributed by atoms with Gasteiger partial charge in [-0.3, -0.25) is 4.98 Å². The third-order valence-corrected chi connectivity index (χ3v) is 4.78. The average Bonchev–Trinajstić information content (AvgIpc) is 2.71. The summed E-state index contributed by atoms with van der Waals surface area (Å²) in [5, 5.41) is 3.53. The third kappa shape index (κ3) is 5.06. The number of hydrogen-bond acceptors (Lipinski definition) is 5. The minimum absolute atomic E-state index is 0.159. The van der Waals surface area contributed by atoms with Crippen molar-refractivity contribution in [2.45, 2.75) is 32.5 Å². The van der Waals surface area contributed by atoms with E-state index in [1.54, 1.807) is 6.20 Å². The van der Waals surface area contributed by atoms with Gasteiger partial charge in [-0.25, -0.2) is 0 Å². The van der Waals surface area contributed by atoms with Crippen molar-refractivity contribution >= 4 is 11.4 Å². The van der Waals surface area contributed by atoms with Gasteiger partial charge in [-0.05, 0) is 53.9 Å². The van der Waals surface area contributed by atoms with Crippen LogP contribution in [0.3, 0.4) is 0 Å². The van der Waals surface area contributed by atoms with Crippen molar-refractivity contribution in [2.75, 3.05) is 18.5 Å². The highest BCUT2D eigenvalue weighted by Gasteiger charge is 2.20. The molecule has 0 saturated carbocycles. The molecule has 1 aliphatic rings. The predicted octanol–water partition coefficient (Wildman–Crippen LogP) is 5.31. The van der Waals surface area contributed by atoms with E-state index in [9.17, 15) is 0 Å². The molecule has 2 heterocycles. The second kappa shape index (κ2) is 8.97. The Hall–Kier alpha value is -3.05. The lowest BCUT2D eigenvalue weighted by Crippen LogP contribution is -2.38. The minimum Gasteiger partial charge on any atom is -0.487 e. The maximum atomic E-state index is 5.95. The zero-order valence-corrected chi connectivity index (χ0v) is 16.8. The number of ether oxygens (including phenoxy) is 3. The van der Waals surface area contributed by atoms with Gasteiger partial charge in [-0.2, -0.15) is 0 Å². The number of nitrogens with one attached hydrogen (secondary N) is 1. The summed E-state index contributed by atoms with van der Waals surface area (Å²) in [6, 6.07) is 20.0. The fourth-order valence-corrected chi connectivity index (χ4v) is 3.14. The minimum atomic E-state index is 0.159. The molecule has 150 valence electrons. The highest BCUT2D eigenvalue weighted by molar-refractivity contribution is 5.66. The molecule has 0 radical (unpaired) electrons. The molecule has 3 aromatic rings. The van der Waals surface area contributed by atoms with Crippen LogP contribution in [0.2, 0.25) is 0 Å². The van der Waals surface area contributed by atoms with Crippen LogP contribution in [-0.2, 0) is 11.3 Å². The summed E-state index contributed by atoms with van der Waals surface area (Å²) in [5.74, 6) is 2.04. The van der Waals surface area contributed by atoms with E-state index < -0.39 is 0 Å². The second-order valence-electron chi connectivity index (χ2n) is 7.44. The molecule has 29 heavy (non-hydrogen) atoms. The van der Waals surface area contributed by atoms with Crippen molar-refractivity contribution in [1.82, 2.24) is 4.98 Å². The van der Waals surface area contributed by atoms with Crippen molar-refractivity contribution in [3.8, 4) is 11.5 Å². The van der Waals surface area contributed by atoms with Crippen LogP contribution in [0.5, 0.6) is 11.5 Å². The molecule has 0 spiro atoms.